The average molecular weight is 226 g/mol. The lowest BCUT2D eigenvalue weighted by atomic mass is 9.79. The van der Waals surface area contributed by atoms with Crippen molar-refractivity contribution in [2.24, 2.45) is 11.7 Å². The van der Waals surface area contributed by atoms with Gasteiger partial charge in [0.1, 0.15) is 0 Å². The summed E-state index contributed by atoms with van der Waals surface area (Å²) >= 11 is 5.98. The summed E-state index contributed by atoms with van der Waals surface area (Å²) in [6, 6.07) is 7.86. The second-order valence-corrected chi connectivity index (χ2v) is 4.92. The third-order valence-corrected chi connectivity index (χ3v) is 3.43. The summed E-state index contributed by atoms with van der Waals surface area (Å²) in [5, 5.41) is 0.757. The number of rotatable bonds is 4. The summed E-state index contributed by atoms with van der Waals surface area (Å²) in [6.07, 6.45) is 2.30. The van der Waals surface area contributed by atoms with E-state index in [1.54, 1.807) is 0 Å². The number of hydrogen-bond acceptors (Lipinski definition) is 1. The zero-order valence-corrected chi connectivity index (χ0v) is 10.5. The van der Waals surface area contributed by atoms with Gasteiger partial charge in [0.2, 0.25) is 0 Å². The molecule has 1 nitrogen and oxygen atoms in total. The van der Waals surface area contributed by atoms with E-state index < -0.39 is 0 Å². The molecule has 0 aliphatic heterocycles. The molecule has 1 rings (SSSR count). The molecule has 0 saturated heterocycles. The Kier molecular flexibility index (Phi) is 4.18. The maximum Gasteiger partial charge on any atom is 0.0409 e. The Morgan fingerprint density at radius 3 is 2.67 bits per heavy atom. The summed E-state index contributed by atoms with van der Waals surface area (Å²) in [7, 11) is 0. The van der Waals surface area contributed by atoms with Crippen LogP contribution in [0.5, 0.6) is 0 Å². The molecule has 0 radical (unpaired) electrons. The number of hydrogen-bond donors (Lipinski definition) is 1. The zero-order valence-electron chi connectivity index (χ0n) is 9.76. The fourth-order valence-electron chi connectivity index (χ4n) is 1.84. The molecule has 0 aromatic heterocycles. The fourth-order valence-corrected chi connectivity index (χ4v) is 2.03. The van der Waals surface area contributed by atoms with E-state index in [4.69, 9.17) is 17.3 Å². The number of halogens is 1. The zero-order chi connectivity index (χ0) is 11.5. The van der Waals surface area contributed by atoms with Crippen LogP contribution in [0.1, 0.15) is 39.2 Å². The molecule has 2 N–H and O–H groups in total. The molecule has 15 heavy (non-hydrogen) atoms. The van der Waals surface area contributed by atoms with E-state index in [2.05, 4.69) is 26.8 Å². The smallest absolute Gasteiger partial charge is 0.0409 e. The average Bonchev–Trinajstić information content (AvgIpc) is 2.18. The van der Waals surface area contributed by atoms with Gasteiger partial charge < -0.3 is 5.73 Å². The van der Waals surface area contributed by atoms with Gasteiger partial charge in [-0.25, -0.2) is 0 Å². The summed E-state index contributed by atoms with van der Waals surface area (Å²) in [6.45, 7) is 6.47. The van der Waals surface area contributed by atoms with Gasteiger partial charge in [-0.05, 0) is 37.0 Å². The van der Waals surface area contributed by atoms with Crippen LogP contribution in [0.15, 0.2) is 24.3 Å². The minimum atomic E-state index is -0.291. The van der Waals surface area contributed by atoms with E-state index in [1.165, 1.54) is 0 Å². The van der Waals surface area contributed by atoms with Crippen LogP contribution in [0.2, 0.25) is 5.02 Å². The van der Waals surface area contributed by atoms with E-state index in [0.717, 1.165) is 23.4 Å². The van der Waals surface area contributed by atoms with E-state index in [0.29, 0.717) is 5.92 Å². The largest absolute Gasteiger partial charge is 0.321 e. The SMILES string of the molecule is CCCC(C)C(C)(N)c1cccc(Cl)c1. The molecule has 0 amide bonds. The highest BCUT2D eigenvalue weighted by Crippen LogP contribution is 2.30. The van der Waals surface area contributed by atoms with Crippen molar-refractivity contribution in [3.8, 4) is 0 Å². The molecule has 0 fully saturated rings. The van der Waals surface area contributed by atoms with E-state index in [1.807, 2.05) is 18.2 Å². The first-order valence-electron chi connectivity index (χ1n) is 5.53. The molecule has 1 aromatic carbocycles. The lowest BCUT2D eigenvalue weighted by Gasteiger charge is -2.32. The molecule has 84 valence electrons. The van der Waals surface area contributed by atoms with Crippen molar-refractivity contribution in [1.29, 1.82) is 0 Å². The first-order chi connectivity index (χ1) is 6.98. The van der Waals surface area contributed by atoms with Crippen LogP contribution in [0, 0.1) is 5.92 Å². The summed E-state index contributed by atoms with van der Waals surface area (Å²) in [5.41, 5.74) is 7.21. The first kappa shape index (κ1) is 12.5. The predicted molar refractivity (Wildman–Crippen MR) is 67.1 cm³/mol. The van der Waals surface area contributed by atoms with Crippen molar-refractivity contribution in [2.75, 3.05) is 0 Å². The molecule has 0 bridgehead atoms. The summed E-state index contributed by atoms with van der Waals surface area (Å²) in [4.78, 5) is 0. The van der Waals surface area contributed by atoms with Gasteiger partial charge in [0.05, 0.1) is 0 Å². The van der Waals surface area contributed by atoms with Gasteiger partial charge in [-0.15, -0.1) is 0 Å². The van der Waals surface area contributed by atoms with Crippen LogP contribution < -0.4 is 5.73 Å². The fraction of sp³-hybridized carbons (Fsp3) is 0.538. The van der Waals surface area contributed by atoms with Crippen molar-refractivity contribution < 1.29 is 0 Å². The molecule has 0 aliphatic carbocycles. The Bertz CT molecular complexity index is 320. The minimum absolute atomic E-state index is 0.291. The summed E-state index contributed by atoms with van der Waals surface area (Å²) in [5.74, 6) is 0.459. The third-order valence-electron chi connectivity index (χ3n) is 3.19. The Morgan fingerprint density at radius 2 is 2.13 bits per heavy atom. The third kappa shape index (κ3) is 2.96. The van der Waals surface area contributed by atoms with Gasteiger partial charge in [-0.3, -0.25) is 0 Å². The molecule has 2 unspecified atom stereocenters. The Hall–Kier alpha value is -0.530. The van der Waals surface area contributed by atoms with Crippen LogP contribution in [-0.2, 0) is 5.54 Å². The van der Waals surface area contributed by atoms with Crippen molar-refractivity contribution in [3.63, 3.8) is 0 Å². The Balaban J connectivity index is 2.94. The highest BCUT2D eigenvalue weighted by molar-refractivity contribution is 6.30. The standard InChI is InChI=1S/C13H20ClN/c1-4-6-10(2)13(3,15)11-7-5-8-12(14)9-11/h5,7-10H,4,6,15H2,1-3H3. The van der Waals surface area contributed by atoms with Crippen molar-refractivity contribution in [1.82, 2.24) is 0 Å². The van der Waals surface area contributed by atoms with Crippen LogP contribution in [0.4, 0.5) is 0 Å². The van der Waals surface area contributed by atoms with Crippen LogP contribution >= 0.6 is 11.6 Å². The second-order valence-electron chi connectivity index (χ2n) is 4.48. The molecule has 0 spiro atoms. The second kappa shape index (κ2) is 5.00. The highest BCUT2D eigenvalue weighted by atomic mass is 35.5. The molecule has 0 saturated carbocycles. The topological polar surface area (TPSA) is 26.0 Å². The van der Waals surface area contributed by atoms with E-state index in [-0.39, 0.29) is 5.54 Å². The lowest BCUT2D eigenvalue weighted by molar-refractivity contribution is 0.304. The van der Waals surface area contributed by atoms with Crippen molar-refractivity contribution in [3.05, 3.63) is 34.9 Å². The van der Waals surface area contributed by atoms with Crippen LogP contribution in [-0.4, -0.2) is 0 Å². The molecule has 0 heterocycles. The van der Waals surface area contributed by atoms with Crippen LogP contribution in [0.3, 0.4) is 0 Å². The minimum Gasteiger partial charge on any atom is -0.321 e. The Labute approximate surface area is 97.6 Å². The Morgan fingerprint density at radius 1 is 1.47 bits per heavy atom. The molecular weight excluding hydrogens is 206 g/mol. The van der Waals surface area contributed by atoms with Gasteiger partial charge in [0.15, 0.2) is 0 Å². The van der Waals surface area contributed by atoms with Gasteiger partial charge in [0.25, 0.3) is 0 Å². The lowest BCUT2D eigenvalue weighted by Crippen LogP contribution is -2.39. The quantitative estimate of drug-likeness (QED) is 0.825. The van der Waals surface area contributed by atoms with E-state index >= 15 is 0 Å². The van der Waals surface area contributed by atoms with Gasteiger partial charge in [-0.1, -0.05) is 44.0 Å². The normalized spacial score (nSPS) is 17.1. The van der Waals surface area contributed by atoms with E-state index in [9.17, 15) is 0 Å². The van der Waals surface area contributed by atoms with Crippen LogP contribution in [0.25, 0.3) is 0 Å². The highest BCUT2D eigenvalue weighted by Gasteiger charge is 2.27. The first-order valence-corrected chi connectivity index (χ1v) is 5.91. The number of benzene rings is 1. The maximum atomic E-state index is 6.38. The summed E-state index contributed by atoms with van der Waals surface area (Å²) < 4.78 is 0. The van der Waals surface area contributed by atoms with Crippen molar-refractivity contribution in [2.45, 2.75) is 39.2 Å². The van der Waals surface area contributed by atoms with Gasteiger partial charge in [-0.2, -0.15) is 0 Å². The monoisotopic (exact) mass is 225 g/mol. The maximum absolute atomic E-state index is 6.38. The molecule has 1 aromatic rings. The molecule has 0 aliphatic rings. The molecule has 2 atom stereocenters. The van der Waals surface area contributed by atoms with Gasteiger partial charge in [0, 0.05) is 10.6 Å². The van der Waals surface area contributed by atoms with Gasteiger partial charge >= 0.3 is 0 Å². The predicted octanol–water partition coefficient (Wildman–Crippen LogP) is 3.95. The van der Waals surface area contributed by atoms with Crippen molar-refractivity contribution >= 4 is 11.6 Å². The molecule has 2 heteroatoms. The number of nitrogens with two attached hydrogens (primary N) is 1. The molecular formula is C13H20ClN.